The summed E-state index contributed by atoms with van der Waals surface area (Å²) in [7, 11) is 4.25. The van der Waals surface area contributed by atoms with Gasteiger partial charge in [-0.2, -0.15) is 0 Å². The molecule has 2 atom stereocenters. The van der Waals surface area contributed by atoms with Crippen molar-refractivity contribution < 1.29 is 0 Å². The lowest BCUT2D eigenvalue weighted by molar-refractivity contribution is 0.280. The van der Waals surface area contributed by atoms with Crippen LogP contribution in [0.4, 0.5) is 5.69 Å². The molecule has 1 aromatic rings. The van der Waals surface area contributed by atoms with Gasteiger partial charge in [-0.25, -0.2) is 0 Å². The Morgan fingerprint density at radius 2 is 1.68 bits per heavy atom. The maximum Gasteiger partial charge on any atom is 0.0388 e. The second kappa shape index (κ2) is 6.42. The van der Waals surface area contributed by atoms with Gasteiger partial charge in [0.1, 0.15) is 0 Å². The Balaban J connectivity index is 2.05. The molecule has 1 fully saturated rings. The van der Waals surface area contributed by atoms with Gasteiger partial charge in [-0.05, 0) is 56.8 Å². The van der Waals surface area contributed by atoms with Gasteiger partial charge in [-0.15, -0.1) is 0 Å². The molecule has 2 heteroatoms. The van der Waals surface area contributed by atoms with Crippen LogP contribution in [0, 0.1) is 11.8 Å². The van der Waals surface area contributed by atoms with Gasteiger partial charge >= 0.3 is 0 Å². The van der Waals surface area contributed by atoms with Gasteiger partial charge in [0.2, 0.25) is 0 Å². The van der Waals surface area contributed by atoms with Crippen molar-refractivity contribution in [1.82, 2.24) is 4.90 Å². The monoisotopic (exact) mass is 260 g/mol. The van der Waals surface area contributed by atoms with E-state index in [-0.39, 0.29) is 0 Å². The molecule has 1 N–H and O–H groups in total. The predicted octanol–water partition coefficient (Wildman–Crippen LogP) is 3.98. The minimum absolute atomic E-state index is 0.641. The molecular weight excluding hydrogens is 232 g/mol. The van der Waals surface area contributed by atoms with Crippen LogP contribution in [0.5, 0.6) is 0 Å². The Morgan fingerprint density at radius 3 is 2.32 bits per heavy atom. The number of nitrogens with one attached hydrogen (secondary N) is 1. The number of rotatable bonds is 4. The first-order chi connectivity index (χ1) is 9.04. The average molecular weight is 260 g/mol. The predicted molar refractivity (Wildman–Crippen MR) is 83.4 cm³/mol. The van der Waals surface area contributed by atoms with Crippen LogP contribution in [0.3, 0.4) is 0 Å². The minimum atomic E-state index is 0.641. The molecule has 0 saturated heterocycles. The van der Waals surface area contributed by atoms with Gasteiger partial charge < -0.3 is 10.2 Å². The van der Waals surface area contributed by atoms with E-state index in [9.17, 15) is 0 Å². The Hall–Kier alpha value is -1.02. The van der Waals surface area contributed by atoms with Crippen molar-refractivity contribution in [2.45, 2.75) is 45.7 Å². The molecule has 2 nitrogen and oxygen atoms in total. The fraction of sp³-hybridized carbons (Fsp3) is 0.647. The Kier molecular flexibility index (Phi) is 4.87. The number of hydrogen-bond donors (Lipinski definition) is 1. The van der Waals surface area contributed by atoms with Crippen molar-refractivity contribution in [3.05, 3.63) is 29.8 Å². The summed E-state index contributed by atoms with van der Waals surface area (Å²) in [5.41, 5.74) is 2.72. The van der Waals surface area contributed by atoms with Crippen LogP contribution in [0.15, 0.2) is 24.3 Å². The second-order valence-corrected chi connectivity index (χ2v) is 6.65. The molecule has 0 aliphatic heterocycles. The summed E-state index contributed by atoms with van der Waals surface area (Å²) in [6.07, 6.45) is 4.00. The zero-order valence-corrected chi connectivity index (χ0v) is 12.8. The van der Waals surface area contributed by atoms with Crippen molar-refractivity contribution in [1.29, 1.82) is 0 Å². The Bertz CT molecular complexity index is 390. The van der Waals surface area contributed by atoms with Crippen molar-refractivity contribution in [3.8, 4) is 0 Å². The molecule has 1 aromatic carbocycles. The molecule has 2 unspecified atom stereocenters. The number of hydrogen-bond acceptors (Lipinski definition) is 2. The van der Waals surface area contributed by atoms with Crippen LogP contribution >= 0.6 is 0 Å². The van der Waals surface area contributed by atoms with Crippen molar-refractivity contribution in [3.63, 3.8) is 0 Å². The maximum absolute atomic E-state index is 3.79. The molecule has 1 aliphatic rings. The third-order valence-electron chi connectivity index (χ3n) is 4.04. The van der Waals surface area contributed by atoms with Crippen LogP contribution in [0.25, 0.3) is 0 Å². The summed E-state index contributed by atoms with van der Waals surface area (Å²) in [6.45, 7) is 5.77. The highest BCUT2D eigenvalue weighted by atomic mass is 15.1. The van der Waals surface area contributed by atoms with Crippen LogP contribution in [-0.2, 0) is 6.54 Å². The van der Waals surface area contributed by atoms with E-state index in [0.717, 1.165) is 18.4 Å². The van der Waals surface area contributed by atoms with Gasteiger partial charge in [0.25, 0.3) is 0 Å². The van der Waals surface area contributed by atoms with Gasteiger partial charge in [0.05, 0.1) is 0 Å². The summed E-state index contributed by atoms with van der Waals surface area (Å²) in [5, 5.41) is 3.79. The largest absolute Gasteiger partial charge is 0.382 e. The molecule has 1 aliphatic carbocycles. The maximum atomic E-state index is 3.79. The number of benzene rings is 1. The molecule has 106 valence electrons. The third kappa shape index (κ3) is 4.24. The molecule has 0 amide bonds. The lowest BCUT2D eigenvalue weighted by Crippen LogP contribution is -2.30. The normalized spacial score (nSPS) is 27.5. The standard InChI is InChI=1S/C17H28N2/c1-13-9-14(2)11-16(10-13)18-17-8-6-5-7-15(17)12-19(3)4/h5-8,13-14,16,18H,9-12H2,1-4H3. The van der Waals surface area contributed by atoms with Crippen molar-refractivity contribution in [2.24, 2.45) is 11.8 Å². The quantitative estimate of drug-likeness (QED) is 0.880. The fourth-order valence-electron chi connectivity index (χ4n) is 3.42. The number of nitrogens with zero attached hydrogens (tertiary/aromatic N) is 1. The molecule has 0 spiro atoms. The Morgan fingerprint density at radius 1 is 1.05 bits per heavy atom. The van der Waals surface area contributed by atoms with Gasteiger partial charge in [-0.3, -0.25) is 0 Å². The first kappa shape index (κ1) is 14.4. The lowest BCUT2D eigenvalue weighted by atomic mass is 9.80. The smallest absolute Gasteiger partial charge is 0.0388 e. The second-order valence-electron chi connectivity index (χ2n) is 6.65. The van der Waals surface area contributed by atoms with E-state index in [0.29, 0.717) is 6.04 Å². The molecule has 0 bridgehead atoms. The zero-order chi connectivity index (χ0) is 13.8. The summed E-state index contributed by atoms with van der Waals surface area (Å²) >= 11 is 0. The van der Waals surface area contributed by atoms with E-state index in [2.05, 4.69) is 62.4 Å². The van der Waals surface area contributed by atoms with Crippen LogP contribution in [0.1, 0.15) is 38.7 Å². The van der Waals surface area contributed by atoms with E-state index < -0.39 is 0 Å². The first-order valence-electron chi connectivity index (χ1n) is 7.53. The van der Waals surface area contributed by atoms with E-state index in [4.69, 9.17) is 0 Å². The molecule has 0 aromatic heterocycles. The lowest BCUT2D eigenvalue weighted by Gasteiger charge is -2.33. The average Bonchev–Trinajstić information content (AvgIpc) is 2.29. The zero-order valence-electron chi connectivity index (χ0n) is 12.8. The molecule has 0 heterocycles. The summed E-state index contributed by atoms with van der Waals surface area (Å²) < 4.78 is 0. The summed E-state index contributed by atoms with van der Waals surface area (Å²) in [4.78, 5) is 2.23. The minimum Gasteiger partial charge on any atom is -0.382 e. The van der Waals surface area contributed by atoms with E-state index in [1.165, 1.54) is 30.5 Å². The highest BCUT2D eigenvalue weighted by Gasteiger charge is 2.24. The molecular formula is C17H28N2. The molecule has 19 heavy (non-hydrogen) atoms. The van der Waals surface area contributed by atoms with Crippen LogP contribution in [-0.4, -0.2) is 25.0 Å². The topological polar surface area (TPSA) is 15.3 Å². The van der Waals surface area contributed by atoms with E-state index in [1.807, 2.05) is 0 Å². The molecule has 0 radical (unpaired) electrons. The van der Waals surface area contributed by atoms with E-state index in [1.54, 1.807) is 0 Å². The Labute approximate surface area is 118 Å². The SMILES string of the molecule is CC1CC(C)CC(Nc2ccccc2CN(C)C)C1. The van der Waals surface area contributed by atoms with Crippen molar-refractivity contribution >= 4 is 5.69 Å². The van der Waals surface area contributed by atoms with E-state index >= 15 is 0 Å². The highest BCUT2D eigenvalue weighted by Crippen LogP contribution is 2.31. The summed E-state index contributed by atoms with van der Waals surface area (Å²) in [5.74, 6) is 1.70. The van der Waals surface area contributed by atoms with Crippen LogP contribution < -0.4 is 5.32 Å². The third-order valence-corrected chi connectivity index (χ3v) is 4.04. The molecule has 2 rings (SSSR count). The van der Waals surface area contributed by atoms with Gasteiger partial charge in [0, 0.05) is 18.3 Å². The first-order valence-corrected chi connectivity index (χ1v) is 7.53. The summed E-state index contributed by atoms with van der Waals surface area (Å²) in [6, 6.07) is 9.37. The van der Waals surface area contributed by atoms with Crippen molar-refractivity contribution in [2.75, 3.05) is 19.4 Å². The van der Waals surface area contributed by atoms with Crippen LogP contribution in [0.2, 0.25) is 0 Å². The van der Waals surface area contributed by atoms with Gasteiger partial charge in [-0.1, -0.05) is 32.0 Å². The number of para-hydroxylation sites is 1. The number of anilines is 1. The highest BCUT2D eigenvalue weighted by molar-refractivity contribution is 5.51. The molecule has 1 saturated carbocycles. The van der Waals surface area contributed by atoms with Gasteiger partial charge in [0.15, 0.2) is 0 Å². The fourth-order valence-corrected chi connectivity index (χ4v) is 3.42.